The van der Waals surface area contributed by atoms with Gasteiger partial charge >= 0.3 is 0 Å². The van der Waals surface area contributed by atoms with Crippen molar-refractivity contribution >= 4 is 0 Å². The molecule has 4 nitrogen and oxygen atoms in total. The summed E-state index contributed by atoms with van der Waals surface area (Å²) in [6.45, 7) is 14.9. The van der Waals surface area contributed by atoms with Crippen molar-refractivity contribution in [2.24, 2.45) is 0 Å². The van der Waals surface area contributed by atoms with Gasteiger partial charge in [-0.25, -0.2) is 0 Å². The number of likely N-dealkylation sites (N-methyl/N-ethyl adjacent to an activating group) is 1. The Morgan fingerprint density at radius 2 is 1.65 bits per heavy atom. The monoisotopic (exact) mass is 316 g/mol. The lowest BCUT2D eigenvalue weighted by molar-refractivity contribution is 0.0816. The zero-order valence-electron chi connectivity index (χ0n) is 15.0. The van der Waals surface area contributed by atoms with Crippen LogP contribution < -0.4 is 5.32 Å². The van der Waals surface area contributed by atoms with Crippen LogP contribution in [0, 0.1) is 13.8 Å². The fraction of sp³-hybridized carbons (Fsp3) is 0.684. The van der Waals surface area contributed by atoms with Crippen LogP contribution in [0.4, 0.5) is 0 Å². The lowest BCUT2D eigenvalue weighted by Crippen LogP contribution is -2.51. The van der Waals surface area contributed by atoms with E-state index in [4.69, 9.17) is 0 Å². The molecule has 3 rings (SSSR count). The number of piperazine rings is 2. The molecular weight excluding hydrogens is 284 g/mol. The van der Waals surface area contributed by atoms with Crippen molar-refractivity contribution in [3.05, 3.63) is 34.9 Å². The summed E-state index contributed by atoms with van der Waals surface area (Å²) in [5, 5.41) is 3.47. The van der Waals surface area contributed by atoms with Gasteiger partial charge in [-0.1, -0.05) is 18.2 Å². The van der Waals surface area contributed by atoms with E-state index in [1.807, 2.05) is 0 Å². The third-order valence-electron chi connectivity index (χ3n) is 5.54. The van der Waals surface area contributed by atoms with Gasteiger partial charge in [0.15, 0.2) is 0 Å². The van der Waals surface area contributed by atoms with E-state index in [9.17, 15) is 0 Å². The van der Waals surface area contributed by atoms with Crippen molar-refractivity contribution in [3.63, 3.8) is 0 Å². The van der Waals surface area contributed by atoms with Crippen LogP contribution in [0.2, 0.25) is 0 Å². The van der Waals surface area contributed by atoms with Gasteiger partial charge in [-0.05, 0) is 37.6 Å². The van der Waals surface area contributed by atoms with Gasteiger partial charge in [-0.3, -0.25) is 9.80 Å². The normalized spacial score (nSPS) is 23.1. The van der Waals surface area contributed by atoms with Gasteiger partial charge in [0, 0.05) is 64.9 Å². The number of hydrogen-bond acceptors (Lipinski definition) is 4. The van der Waals surface area contributed by atoms with Crippen molar-refractivity contribution < 1.29 is 0 Å². The third kappa shape index (κ3) is 4.32. The van der Waals surface area contributed by atoms with Gasteiger partial charge in [0.1, 0.15) is 0 Å². The van der Waals surface area contributed by atoms with Crippen molar-refractivity contribution in [1.82, 2.24) is 20.0 Å². The predicted octanol–water partition coefficient (Wildman–Crippen LogP) is 1.50. The van der Waals surface area contributed by atoms with Gasteiger partial charge in [0.05, 0.1) is 0 Å². The summed E-state index contributed by atoms with van der Waals surface area (Å²) < 4.78 is 0. The second-order valence-electron chi connectivity index (χ2n) is 7.25. The van der Waals surface area contributed by atoms with Crippen LogP contribution in [0.1, 0.15) is 22.7 Å². The highest BCUT2D eigenvalue weighted by molar-refractivity contribution is 5.32. The fourth-order valence-electron chi connectivity index (χ4n) is 3.68. The first kappa shape index (κ1) is 16.9. The molecule has 0 bridgehead atoms. The second-order valence-corrected chi connectivity index (χ2v) is 7.25. The fourth-order valence-corrected chi connectivity index (χ4v) is 3.68. The molecule has 2 fully saturated rings. The summed E-state index contributed by atoms with van der Waals surface area (Å²) in [6.07, 6.45) is 0. The SMILES string of the molecule is Cc1ccc(C(CN2CCNCC2)N2CCN(C)CC2)cc1C. The molecular formula is C19H32N4. The summed E-state index contributed by atoms with van der Waals surface area (Å²) >= 11 is 0. The van der Waals surface area contributed by atoms with Crippen LogP contribution in [-0.2, 0) is 0 Å². The highest BCUT2D eigenvalue weighted by Gasteiger charge is 2.26. The maximum Gasteiger partial charge on any atom is 0.0476 e. The highest BCUT2D eigenvalue weighted by atomic mass is 15.3. The van der Waals surface area contributed by atoms with Crippen molar-refractivity contribution in [2.45, 2.75) is 19.9 Å². The van der Waals surface area contributed by atoms with E-state index in [2.05, 4.69) is 59.1 Å². The van der Waals surface area contributed by atoms with Crippen LogP contribution in [0.5, 0.6) is 0 Å². The molecule has 23 heavy (non-hydrogen) atoms. The van der Waals surface area contributed by atoms with E-state index >= 15 is 0 Å². The standard InChI is InChI=1S/C19H32N4/c1-16-4-5-18(14-17(16)2)19(15-22-8-6-20-7-9-22)23-12-10-21(3)11-13-23/h4-5,14,19-20H,6-13,15H2,1-3H3. The van der Waals surface area contributed by atoms with E-state index in [-0.39, 0.29) is 0 Å². The van der Waals surface area contributed by atoms with Crippen LogP contribution in [0.25, 0.3) is 0 Å². The van der Waals surface area contributed by atoms with Gasteiger partial charge in [-0.15, -0.1) is 0 Å². The third-order valence-corrected chi connectivity index (χ3v) is 5.54. The van der Waals surface area contributed by atoms with Crippen molar-refractivity contribution in [3.8, 4) is 0 Å². The lowest BCUT2D eigenvalue weighted by atomic mass is 9.98. The molecule has 128 valence electrons. The van der Waals surface area contributed by atoms with Gasteiger partial charge < -0.3 is 10.2 Å². The molecule has 0 saturated carbocycles. The van der Waals surface area contributed by atoms with E-state index in [1.54, 1.807) is 0 Å². The minimum atomic E-state index is 0.529. The molecule has 0 radical (unpaired) electrons. The molecule has 1 N–H and O–H groups in total. The van der Waals surface area contributed by atoms with Crippen molar-refractivity contribution in [2.75, 3.05) is 66.0 Å². The second kappa shape index (κ2) is 7.75. The van der Waals surface area contributed by atoms with E-state index in [0.29, 0.717) is 6.04 Å². The lowest BCUT2D eigenvalue weighted by Gasteiger charge is -2.41. The molecule has 0 aliphatic carbocycles. The first-order valence-corrected chi connectivity index (χ1v) is 9.06. The number of nitrogens with one attached hydrogen (secondary N) is 1. The summed E-state index contributed by atoms with van der Waals surface area (Å²) in [7, 11) is 2.23. The topological polar surface area (TPSA) is 21.8 Å². The van der Waals surface area contributed by atoms with E-state index in [0.717, 1.165) is 19.6 Å². The van der Waals surface area contributed by atoms with Gasteiger partial charge in [-0.2, -0.15) is 0 Å². The summed E-state index contributed by atoms with van der Waals surface area (Å²) in [4.78, 5) is 7.78. The summed E-state index contributed by atoms with van der Waals surface area (Å²) in [6, 6.07) is 7.60. The molecule has 2 heterocycles. The molecule has 0 spiro atoms. The number of rotatable bonds is 4. The Morgan fingerprint density at radius 1 is 0.957 bits per heavy atom. The molecule has 2 saturated heterocycles. The Labute approximate surface area is 141 Å². The highest BCUT2D eigenvalue weighted by Crippen LogP contribution is 2.25. The number of hydrogen-bond donors (Lipinski definition) is 1. The van der Waals surface area contributed by atoms with Crippen LogP contribution in [0.3, 0.4) is 0 Å². The summed E-state index contributed by atoms with van der Waals surface area (Å²) in [5.74, 6) is 0. The summed E-state index contributed by atoms with van der Waals surface area (Å²) in [5.41, 5.74) is 4.31. The first-order valence-electron chi connectivity index (χ1n) is 9.06. The zero-order chi connectivity index (χ0) is 16.2. The van der Waals surface area contributed by atoms with Crippen molar-refractivity contribution in [1.29, 1.82) is 0 Å². The zero-order valence-corrected chi connectivity index (χ0v) is 15.0. The van der Waals surface area contributed by atoms with Gasteiger partial charge in [0.2, 0.25) is 0 Å². The predicted molar refractivity (Wildman–Crippen MR) is 97.0 cm³/mol. The smallest absolute Gasteiger partial charge is 0.0476 e. The minimum absolute atomic E-state index is 0.529. The molecule has 1 atom stereocenters. The van der Waals surface area contributed by atoms with Crippen LogP contribution in [0.15, 0.2) is 18.2 Å². The Kier molecular flexibility index (Phi) is 5.70. The Hall–Kier alpha value is -0.940. The van der Waals surface area contributed by atoms with E-state index < -0.39 is 0 Å². The number of nitrogens with zero attached hydrogens (tertiary/aromatic N) is 3. The average molecular weight is 316 g/mol. The van der Waals surface area contributed by atoms with E-state index in [1.165, 1.54) is 56.0 Å². The van der Waals surface area contributed by atoms with Crippen LogP contribution in [-0.4, -0.2) is 80.7 Å². The molecule has 0 amide bonds. The molecule has 2 aliphatic heterocycles. The first-order chi connectivity index (χ1) is 11.1. The molecule has 2 aliphatic rings. The molecule has 0 aromatic heterocycles. The minimum Gasteiger partial charge on any atom is -0.314 e. The molecule has 1 aromatic rings. The number of aryl methyl sites for hydroxylation is 2. The Bertz CT molecular complexity index is 502. The molecule has 4 heteroatoms. The molecule has 1 unspecified atom stereocenters. The maximum atomic E-state index is 3.47. The largest absolute Gasteiger partial charge is 0.314 e. The van der Waals surface area contributed by atoms with Crippen LogP contribution >= 0.6 is 0 Å². The maximum absolute atomic E-state index is 3.47. The quantitative estimate of drug-likeness (QED) is 0.908. The van der Waals surface area contributed by atoms with Gasteiger partial charge in [0.25, 0.3) is 0 Å². The average Bonchev–Trinajstić information content (AvgIpc) is 2.57. The Morgan fingerprint density at radius 3 is 2.30 bits per heavy atom. The Balaban J connectivity index is 1.78. The molecule has 1 aromatic carbocycles. The number of benzene rings is 1.